The van der Waals surface area contributed by atoms with Crippen molar-refractivity contribution in [2.75, 3.05) is 7.11 Å². The summed E-state index contributed by atoms with van der Waals surface area (Å²) in [4.78, 5) is 0.258. The molecular formula is C18H23NO3S. The van der Waals surface area contributed by atoms with E-state index in [1.54, 1.807) is 19.2 Å². The zero-order valence-corrected chi connectivity index (χ0v) is 15.0. The maximum atomic E-state index is 12.7. The second-order valence-electron chi connectivity index (χ2n) is 5.79. The molecule has 0 aliphatic carbocycles. The highest BCUT2D eigenvalue weighted by Gasteiger charge is 2.21. The molecule has 5 heteroatoms. The van der Waals surface area contributed by atoms with Gasteiger partial charge in [-0.2, -0.15) is 0 Å². The van der Waals surface area contributed by atoms with Crippen molar-refractivity contribution < 1.29 is 13.2 Å². The van der Waals surface area contributed by atoms with Gasteiger partial charge in [-0.3, -0.25) is 0 Å². The van der Waals surface area contributed by atoms with Gasteiger partial charge in [-0.15, -0.1) is 0 Å². The third-order valence-electron chi connectivity index (χ3n) is 3.94. The Balaban J connectivity index is 2.34. The molecule has 0 radical (unpaired) electrons. The van der Waals surface area contributed by atoms with E-state index in [1.807, 2.05) is 52.0 Å². The molecule has 1 unspecified atom stereocenters. The first-order valence-electron chi connectivity index (χ1n) is 7.49. The van der Waals surface area contributed by atoms with Crippen LogP contribution in [-0.4, -0.2) is 15.5 Å². The van der Waals surface area contributed by atoms with Gasteiger partial charge in [-0.05, 0) is 62.1 Å². The van der Waals surface area contributed by atoms with Crippen molar-refractivity contribution in [1.29, 1.82) is 0 Å². The lowest BCUT2D eigenvalue weighted by atomic mass is 10.0. The molecular weight excluding hydrogens is 310 g/mol. The lowest BCUT2D eigenvalue weighted by molar-refractivity contribution is 0.408. The van der Waals surface area contributed by atoms with Crippen LogP contribution in [0.4, 0.5) is 0 Å². The quantitative estimate of drug-likeness (QED) is 0.908. The van der Waals surface area contributed by atoms with Gasteiger partial charge in [0.05, 0.1) is 12.0 Å². The minimum Gasteiger partial charge on any atom is -0.496 e. The molecule has 0 saturated carbocycles. The predicted molar refractivity (Wildman–Crippen MR) is 92.4 cm³/mol. The molecule has 23 heavy (non-hydrogen) atoms. The summed E-state index contributed by atoms with van der Waals surface area (Å²) in [6, 6.07) is 10.7. The molecule has 0 aliphatic rings. The number of hydrogen-bond donors (Lipinski definition) is 1. The second kappa shape index (κ2) is 6.72. The third-order valence-corrected chi connectivity index (χ3v) is 5.46. The van der Waals surface area contributed by atoms with E-state index in [-0.39, 0.29) is 10.9 Å². The fraction of sp³-hybridized carbons (Fsp3) is 0.333. The molecule has 0 amide bonds. The van der Waals surface area contributed by atoms with Crippen molar-refractivity contribution in [3.05, 3.63) is 58.7 Å². The summed E-state index contributed by atoms with van der Waals surface area (Å²) < 4.78 is 33.4. The molecule has 4 nitrogen and oxygen atoms in total. The van der Waals surface area contributed by atoms with Gasteiger partial charge in [0.15, 0.2) is 0 Å². The van der Waals surface area contributed by atoms with Crippen molar-refractivity contribution in [3.63, 3.8) is 0 Å². The fourth-order valence-electron chi connectivity index (χ4n) is 2.82. The molecule has 0 bridgehead atoms. The molecule has 124 valence electrons. The first-order chi connectivity index (χ1) is 10.8. The van der Waals surface area contributed by atoms with Crippen LogP contribution < -0.4 is 9.46 Å². The summed E-state index contributed by atoms with van der Waals surface area (Å²) in [6.45, 7) is 7.51. The van der Waals surface area contributed by atoms with Gasteiger partial charge >= 0.3 is 0 Å². The Morgan fingerprint density at radius 3 is 2.09 bits per heavy atom. The molecule has 0 saturated heterocycles. The van der Waals surface area contributed by atoms with E-state index in [4.69, 9.17) is 4.74 Å². The maximum absolute atomic E-state index is 12.7. The Morgan fingerprint density at radius 2 is 1.57 bits per heavy atom. The number of ether oxygens (including phenoxy) is 1. The average Bonchev–Trinajstić information content (AvgIpc) is 2.46. The van der Waals surface area contributed by atoms with Crippen LogP contribution >= 0.6 is 0 Å². The highest BCUT2D eigenvalue weighted by molar-refractivity contribution is 7.89. The normalized spacial score (nSPS) is 12.9. The van der Waals surface area contributed by atoms with E-state index in [0.717, 1.165) is 28.0 Å². The third kappa shape index (κ3) is 3.74. The van der Waals surface area contributed by atoms with Gasteiger partial charge in [-0.1, -0.05) is 24.3 Å². The van der Waals surface area contributed by atoms with E-state index in [9.17, 15) is 8.42 Å². The lowest BCUT2D eigenvalue weighted by Crippen LogP contribution is -2.27. The average molecular weight is 333 g/mol. The Labute approximate surface area is 138 Å². The number of benzene rings is 2. The summed E-state index contributed by atoms with van der Waals surface area (Å²) in [5.74, 6) is 0.718. The molecule has 0 spiro atoms. The van der Waals surface area contributed by atoms with Crippen molar-refractivity contribution >= 4 is 10.0 Å². The predicted octanol–water partition coefficient (Wildman–Crippen LogP) is 3.66. The van der Waals surface area contributed by atoms with E-state index in [2.05, 4.69) is 4.72 Å². The molecule has 2 rings (SSSR count). The highest BCUT2D eigenvalue weighted by Crippen LogP contribution is 2.27. The minimum absolute atomic E-state index is 0.258. The number of aryl methyl sites for hydroxylation is 3. The van der Waals surface area contributed by atoms with Gasteiger partial charge < -0.3 is 4.74 Å². The molecule has 0 heterocycles. The maximum Gasteiger partial charge on any atom is 0.241 e. The summed E-state index contributed by atoms with van der Waals surface area (Å²) in [5.41, 5.74) is 3.63. The largest absolute Gasteiger partial charge is 0.496 e. The molecule has 0 aliphatic heterocycles. The van der Waals surface area contributed by atoms with Gasteiger partial charge in [0, 0.05) is 6.04 Å². The standard InChI is InChI=1S/C18H23NO3S/c1-12-8-6-7-9-17(12)15(4)19-23(20,21)16-10-13(2)18(22-5)14(3)11-16/h6-11,15,19H,1-5H3. The van der Waals surface area contributed by atoms with E-state index >= 15 is 0 Å². The van der Waals surface area contributed by atoms with Crippen LogP contribution in [0, 0.1) is 20.8 Å². The monoisotopic (exact) mass is 333 g/mol. The van der Waals surface area contributed by atoms with Crippen LogP contribution in [-0.2, 0) is 10.0 Å². The Bertz CT molecular complexity index is 790. The molecule has 1 atom stereocenters. The van der Waals surface area contributed by atoms with Crippen LogP contribution in [0.25, 0.3) is 0 Å². The minimum atomic E-state index is -3.60. The van der Waals surface area contributed by atoms with Crippen molar-refractivity contribution in [2.24, 2.45) is 0 Å². The first-order valence-corrected chi connectivity index (χ1v) is 8.97. The number of rotatable bonds is 5. The SMILES string of the molecule is COc1c(C)cc(S(=O)(=O)NC(C)c2ccccc2C)cc1C. The summed E-state index contributed by atoms with van der Waals surface area (Å²) in [6.07, 6.45) is 0. The van der Waals surface area contributed by atoms with Crippen LogP contribution in [0.2, 0.25) is 0 Å². The van der Waals surface area contributed by atoms with Gasteiger partial charge in [0.1, 0.15) is 5.75 Å². The van der Waals surface area contributed by atoms with Gasteiger partial charge in [-0.25, -0.2) is 13.1 Å². The Hall–Kier alpha value is -1.85. The number of sulfonamides is 1. The molecule has 2 aromatic rings. The number of hydrogen-bond acceptors (Lipinski definition) is 3. The second-order valence-corrected chi connectivity index (χ2v) is 7.50. The highest BCUT2D eigenvalue weighted by atomic mass is 32.2. The number of nitrogens with one attached hydrogen (secondary N) is 1. The van der Waals surface area contributed by atoms with Crippen LogP contribution in [0.1, 0.15) is 35.2 Å². The van der Waals surface area contributed by atoms with Crippen molar-refractivity contribution in [1.82, 2.24) is 4.72 Å². The van der Waals surface area contributed by atoms with Crippen LogP contribution in [0.15, 0.2) is 41.3 Å². The first kappa shape index (κ1) is 17.5. The molecule has 0 fully saturated rings. The van der Waals surface area contributed by atoms with E-state index < -0.39 is 10.0 Å². The summed E-state index contributed by atoms with van der Waals surface area (Å²) in [5, 5.41) is 0. The Kier molecular flexibility index (Phi) is 5.12. The van der Waals surface area contributed by atoms with E-state index in [1.165, 1.54) is 0 Å². The van der Waals surface area contributed by atoms with Gasteiger partial charge in [0.2, 0.25) is 10.0 Å². The topological polar surface area (TPSA) is 55.4 Å². The van der Waals surface area contributed by atoms with Crippen LogP contribution in [0.3, 0.4) is 0 Å². The molecule has 1 N–H and O–H groups in total. The smallest absolute Gasteiger partial charge is 0.241 e. The van der Waals surface area contributed by atoms with E-state index in [0.29, 0.717) is 0 Å². The lowest BCUT2D eigenvalue weighted by Gasteiger charge is -2.18. The van der Waals surface area contributed by atoms with Crippen molar-refractivity contribution in [3.8, 4) is 5.75 Å². The van der Waals surface area contributed by atoms with Gasteiger partial charge in [0.25, 0.3) is 0 Å². The number of methoxy groups -OCH3 is 1. The molecule has 2 aromatic carbocycles. The summed E-state index contributed by atoms with van der Waals surface area (Å²) in [7, 11) is -2.01. The molecule has 0 aromatic heterocycles. The van der Waals surface area contributed by atoms with Crippen molar-refractivity contribution in [2.45, 2.75) is 38.6 Å². The summed E-state index contributed by atoms with van der Waals surface area (Å²) >= 11 is 0. The fourth-order valence-corrected chi connectivity index (χ4v) is 4.22. The van der Waals surface area contributed by atoms with Crippen LogP contribution in [0.5, 0.6) is 5.75 Å². The zero-order valence-electron chi connectivity index (χ0n) is 14.2. The zero-order chi connectivity index (χ0) is 17.2. The Morgan fingerprint density at radius 1 is 1.00 bits per heavy atom.